The summed E-state index contributed by atoms with van der Waals surface area (Å²) in [6.45, 7) is 8.87. The molecule has 1 aromatic heterocycles. The highest BCUT2D eigenvalue weighted by molar-refractivity contribution is 6.30. The number of unbranched alkanes of at least 4 members (excludes halogenated alkanes) is 1. The van der Waals surface area contributed by atoms with Crippen LogP contribution in [0.25, 0.3) is 22.0 Å². The number of aryl methyl sites for hydroxylation is 1. The first-order valence-electron chi connectivity index (χ1n) is 13.4. The summed E-state index contributed by atoms with van der Waals surface area (Å²) < 4.78 is 44.2. The molecule has 0 unspecified atom stereocenters. The molecular weight excluding hydrogens is 523 g/mol. The van der Waals surface area contributed by atoms with Crippen molar-refractivity contribution in [3.05, 3.63) is 89.1 Å². The van der Waals surface area contributed by atoms with Crippen molar-refractivity contribution in [3.63, 3.8) is 0 Å². The van der Waals surface area contributed by atoms with Crippen molar-refractivity contribution in [2.75, 3.05) is 26.2 Å². The zero-order valence-corrected chi connectivity index (χ0v) is 22.8. The Bertz CT molecular complexity index is 1380. The summed E-state index contributed by atoms with van der Waals surface area (Å²) >= 11 is 6.02. The van der Waals surface area contributed by atoms with E-state index in [1.54, 1.807) is 12.1 Å². The van der Waals surface area contributed by atoms with Crippen molar-refractivity contribution < 1.29 is 17.9 Å². The van der Waals surface area contributed by atoms with Crippen LogP contribution in [0.1, 0.15) is 30.9 Å². The summed E-state index contributed by atoms with van der Waals surface area (Å²) in [5.74, 6) is -0.211. The van der Waals surface area contributed by atoms with E-state index in [0.717, 1.165) is 85.7 Å². The molecule has 39 heavy (non-hydrogen) atoms. The van der Waals surface area contributed by atoms with Crippen molar-refractivity contribution in [1.82, 2.24) is 14.4 Å². The predicted octanol–water partition coefficient (Wildman–Crippen LogP) is 7.98. The highest BCUT2D eigenvalue weighted by Crippen LogP contribution is 2.34. The molecule has 4 nitrogen and oxygen atoms in total. The van der Waals surface area contributed by atoms with Crippen molar-refractivity contribution in [2.24, 2.45) is 0 Å². The number of aromatic nitrogens is 1. The molecule has 0 radical (unpaired) electrons. The molecule has 1 saturated heterocycles. The van der Waals surface area contributed by atoms with Gasteiger partial charge in [-0.2, -0.15) is 0 Å². The molecule has 206 valence electrons. The Morgan fingerprint density at radius 1 is 0.821 bits per heavy atom. The zero-order chi connectivity index (χ0) is 27.4. The van der Waals surface area contributed by atoms with Crippen LogP contribution >= 0.6 is 11.6 Å². The van der Waals surface area contributed by atoms with Gasteiger partial charge in [-0.3, -0.25) is 9.80 Å². The SMILES string of the molecule is CCCCn1cc(-c2ccc(OC(F)(F)F)cc2)c2cc(CN3CCN(Cc4ccc(Cl)cc4)CC3)ccc21. The Labute approximate surface area is 232 Å². The second-order valence-electron chi connectivity index (χ2n) is 10.2. The van der Waals surface area contributed by atoms with E-state index >= 15 is 0 Å². The third-order valence-electron chi connectivity index (χ3n) is 7.29. The van der Waals surface area contributed by atoms with E-state index in [9.17, 15) is 13.2 Å². The maximum absolute atomic E-state index is 12.6. The summed E-state index contributed by atoms with van der Waals surface area (Å²) in [6, 6.07) is 20.9. The second-order valence-corrected chi connectivity index (χ2v) is 10.6. The van der Waals surface area contributed by atoms with Gasteiger partial charge < -0.3 is 9.30 Å². The third kappa shape index (κ3) is 7.15. The average molecular weight is 556 g/mol. The number of hydrogen-bond donors (Lipinski definition) is 0. The Balaban J connectivity index is 1.31. The number of piperazine rings is 1. The molecule has 0 aliphatic carbocycles. The molecule has 3 aromatic carbocycles. The second kappa shape index (κ2) is 12.0. The minimum Gasteiger partial charge on any atom is -0.406 e. The van der Waals surface area contributed by atoms with Gasteiger partial charge in [-0.25, -0.2) is 0 Å². The number of benzene rings is 3. The van der Waals surface area contributed by atoms with Crippen LogP contribution < -0.4 is 4.74 Å². The largest absolute Gasteiger partial charge is 0.573 e. The van der Waals surface area contributed by atoms with E-state index in [4.69, 9.17) is 11.6 Å². The van der Waals surface area contributed by atoms with E-state index in [2.05, 4.69) is 62.6 Å². The summed E-state index contributed by atoms with van der Waals surface area (Å²) in [4.78, 5) is 4.96. The molecule has 5 rings (SSSR count). The fourth-order valence-corrected chi connectivity index (χ4v) is 5.36. The van der Waals surface area contributed by atoms with E-state index < -0.39 is 6.36 Å². The van der Waals surface area contributed by atoms with Crippen LogP contribution in [0.15, 0.2) is 72.9 Å². The van der Waals surface area contributed by atoms with Gasteiger partial charge in [0.1, 0.15) is 5.75 Å². The molecule has 8 heteroatoms. The van der Waals surface area contributed by atoms with Crippen LogP contribution in [0.4, 0.5) is 13.2 Å². The number of ether oxygens (including phenoxy) is 1. The Kier molecular flexibility index (Phi) is 8.50. The topological polar surface area (TPSA) is 20.6 Å². The first-order chi connectivity index (χ1) is 18.8. The molecule has 1 aliphatic heterocycles. The molecular formula is C31H33ClF3N3O. The first kappa shape index (κ1) is 27.6. The van der Waals surface area contributed by atoms with Crippen LogP contribution in [-0.2, 0) is 19.6 Å². The predicted molar refractivity (Wildman–Crippen MR) is 151 cm³/mol. The van der Waals surface area contributed by atoms with Crippen LogP contribution in [-0.4, -0.2) is 46.9 Å². The molecule has 0 bridgehead atoms. The Morgan fingerprint density at radius 2 is 1.44 bits per heavy atom. The van der Waals surface area contributed by atoms with Crippen LogP contribution in [0.2, 0.25) is 5.02 Å². The summed E-state index contributed by atoms with van der Waals surface area (Å²) in [7, 11) is 0. The van der Waals surface area contributed by atoms with E-state index in [1.807, 2.05) is 12.1 Å². The fraction of sp³-hybridized carbons (Fsp3) is 0.355. The lowest BCUT2D eigenvalue weighted by atomic mass is 10.0. The standard InChI is InChI=1S/C31H33ClF3N3O/c1-2-3-14-38-22-29(25-7-11-27(12-8-25)39-31(33,34)35)28-19-24(6-13-30(28)38)21-37-17-15-36(16-18-37)20-23-4-9-26(32)10-5-23/h4-13,19,22H,2-3,14-18,20-21H2,1H3. The summed E-state index contributed by atoms with van der Waals surface area (Å²) in [5.41, 5.74) is 5.55. The van der Waals surface area contributed by atoms with Gasteiger partial charge in [0.05, 0.1) is 0 Å². The summed E-state index contributed by atoms with van der Waals surface area (Å²) in [5, 5.41) is 1.88. The molecule has 0 atom stereocenters. The van der Waals surface area contributed by atoms with Gasteiger partial charge in [0.2, 0.25) is 0 Å². The van der Waals surface area contributed by atoms with Crippen LogP contribution in [0.5, 0.6) is 5.75 Å². The lowest BCUT2D eigenvalue weighted by Crippen LogP contribution is -2.45. The average Bonchev–Trinajstić information content (AvgIpc) is 3.27. The number of halogens is 4. The van der Waals surface area contributed by atoms with Gasteiger partial charge in [-0.1, -0.05) is 55.3 Å². The van der Waals surface area contributed by atoms with Crippen molar-refractivity contribution >= 4 is 22.5 Å². The van der Waals surface area contributed by atoms with Crippen molar-refractivity contribution in [1.29, 1.82) is 0 Å². The van der Waals surface area contributed by atoms with Gasteiger partial charge in [0.15, 0.2) is 0 Å². The molecule has 0 spiro atoms. The molecule has 1 fully saturated rings. The Morgan fingerprint density at radius 3 is 2.05 bits per heavy atom. The number of fused-ring (bicyclic) bond motifs is 1. The van der Waals surface area contributed by atoms with Crippen molar-refractivity contribution in [3.8, 4) is 16.9 Å². The summed E-state index contributed by atoms with van der Waals surface area (Å²) in [6.07, 6.45) is -0.433. The lowest BCUT2D eigenvalue weighted by molar-refractivity contribution is -0.274. The molecule has 2 heterocycles. The fourth-order valence-electron chi connectivity index (χ4n) is 5.23. The Hall–Kier alpha value is -3.00. The molecule has 4 aromatic rings. The van der Waals surface area contributed by atoms with E-state index in [0.29, 0.717) is 0 Å². The quantitative estimate of drug-likeness (QED) is 0.209. The maximum Gasteiger partial charge on any atom is 0.573 e. The third-order valence-corrected chi connectivity index (χ3v) is 7.54. The first-order valence-corrected chi connectivity index (χ1v) is 13.8. The normalized spacial score (nSPS) is 15.2. The number of alkyl halides is 3. The highest BCUT2D eigenvalue weighted by Gasteiger charge is 2.31. The molecule has 1 aliphatic rings. The number of hydrogen-bond acceptors (Lipinski definition) is 3. The monoisotopic (exact) mass is 555 g/mol. The van der Waals surface area contributed by atoms with Crippen molar-refractivity contribution in [2.45, 2.75) is 45.8 Å². The molecule has 0 amide bonds. The lowest BCUT2D eigenvalue weighted by Gasteiger charge is -2.34. The highest BCUT2D eigenvalue weighted by atomic mass is 35.5. The van der Waals surface area contributed by atoms with Crippen LogP contribution in [0, 0.1) is 0 Å². The minimum atomic E-state index is -4.70. The maximum atomic E-state index is 12.6. The molecule has 0 N–H and O–H groups in total. The number of rotatable bonds is 9. The van der Waals surface area contributed by atoms with E-state index in [1.165, 1.54) is 23.3 Å². The molecule has 0 saturated carbocycles. The van der Waals surface area contributed by atoms with Crippen LogP contribution in [0.3, 0.4) is 0 Å². The van der Waals surface area contributed by atoms with Gasteiger partial charge in [0.25, 0.3) is 0 Å². The smallest absolute Gasteiger partial charge is 0.406 e. The minimum absolute atomic E-state index is 0.211. The van der Waals surface area contributed by atoms with Gasteiger partial charge >= 0.3 is 6.36 Å². The van der Waals surface area contributed by atoms with E-state index in [-0.39, 0.29) is 5.75 Å². The van der Waals surface area contributed by atoms with Gasteiger partial charge in [0, 0.05) is 73.5 Å². The van der Waals surface area contributed by atoms with Gasteiger partial charge in [-0.15, -0.1) is 13.2 Å². The van der Waals surface area contributed by atoms with Gasteiger partial charge in [-0.05, 0) is 59.5 Å². The zero-order valence-electron chi connectivity index (χ0n) is 22.1. The number of nitrogens with zero attached hydrogens (tertiary/aromatic N) is 3.